The third-order valence-corrected chi connectivity index (χ3v) is 5.68. The molecule has 28 heavy (non-hydrogen) atoms. The molecule has 2 amide bonds. The molecule has 1 saturated heterocycles. The molecule has 1 N–H and O–H groups in total. The molecule has 8 nitrogen and oxygen atoms in total. The number of hydrogen-bond acceptors (Lipinski definition) is 6. The molecule has 8 heteroatoms. The smallest absolute Gasteiger partial charge is 0.276 e. The first kappa shape index (κ1) is 18.3. The molecule has 0 spiro atoms. The van der Waals surface area contributed by atoms with Crippen LogP contribution in [-0.4, -0.2) is 54.5 Å². The Bertz CT molecular complexity index is 895. The van der Waals surface area contributed by atoms with Crippen LogP contribution in [0.3, 0.4) is 0 Å². The summed E-state index contributed by atoms with van der Waals surface area (Å²) in [5.41, 5.74) is 1.52. The zero-order valence-electron chi connectivity index (χ0n) is 16.1. The number of nitrogens with zero attached hydrogens (tertiary/aromatic N) is 2. The highest BCUT2D eigenvalue weighted by Crippen LogP contribution is 2.39. The molecule has 3 atom stereocenters. The van der Waals surface area contributed by atoms with Gasteiger partial charge in [0.1, 0.15) is 23.3 Å². The summed E-state index contributed by atoms with van der Waals surface area (Å²) in [6, 6.07) is 3.43. The van der Waals surface area contributed by atoms with Crippen LogP contribution in [0.2, 0.25) is 0 Å². The number of nitrogens with one attached hydrogen (secondary N) is 1. The number of aromatic nitrogens is 1. The number of fused-ring (bicyclic) bond motifs is 2. The van der Waals surface area contributed by atoms with Gasteiger partial charge in [0.05, 0.1) is 20.3 Å². The van der Waals surface area contributed by atoms with Gasteiger partial charge in [-0.05, 0) is 37.3 Å². The predicted molar refractivity (Wildman–Crippen MR) is 99.6 cm³/mol. The molecular weight excluding hydrogens is 362 g/mol. The van der Waals surface area contributed by atoms with Crippen molar-refractivity contribution in [3.8, 4) is 11.5 Å². The lowest BCUT2D eigenvalue weighted by atomic mass is 10.0. The third kappa shape index (κ3) is 2.98. The topological polar surface area (TPSA) is 93.9 Å². The summed E-state index contributed by atoms with van der Waals surface area (Å²) < 4.78 is 15.8. The van der Waals surface area contributed by atoms with Gasteiger partial charge in [0.15, 0.2) is 12.1 Å². The van der Waals surface area contributed by atoms with E-state index < -0.39 is 0 Å². The normalized spacial score (nSPS) is 23.0. The van der Waals surface area contributed by atoms with E-state index in [4.69, 9.17) is 13.9 Å². The number of amides is 2. The number of likely N-dealkylation sites (tertiary alicyclic amines) is 1. The van der Waals surface area contributed by atoms with Gasteiger partial charge in [-0.2, -0.15) is 0 Å². The fraction of sp³-hybridized carbons (Fsp3) is 0.450. The number of aryl methyl sites for hydroxylation is 1. The molecule has 1 aliphatic heterocycles. The van der Waals surface area contributed by atoms with Gasteiger partial charge >= 0.3 is 0 Å². The highest BCUT2D eigenvalue weighted by atomic mass is 16.5. The van der Waals surface area contributed by atoms with Crippen molar-refractivity contribution in [3.05, 3.63) is 41.6 Å². The second-order valence-electron chi connectivity index (χ2n) is 7.31. The second-order valence-corrected chi connectivity index (χ2v) is 7.31. The van der Waals surface area contributed by atoms with Crippen molar-refractivity contribution in [1.82, 2.24) is 15.2 Å². The Morgan fingerprint density at radius 2 is 2.07 bits per heavy atom. The molecule has 2 bridgehead atoms. The van der Waals surface area contributed by atoms with Gasteiger partial charge in [0.2, 0.25) is 0 Å². The maximum Gasteiger partial charge on any atom is 0.276 e. The first-order valence-corrected chi connectivity index (χ1v) is 9.25. The molecule has 2 heterocycles. The van der Waals surface area contributed by atoms with Gasteiger partial charge in [0, 0.05) is 12.6 Å². The molecule has 1 aliphatic carbocycles. The molecule has 1 aromatic carbocycles. The van der Waals surface area contributed by atoms with E-state index >= 15 is 0 Å². The number of carbonyl (C=O) groups is 2. The Balaban J connectivity index is 1.55. The van der Waals surface area contributed by atoms with E-state index in [1.54, 1.807) is 11.0 Å². The van der Waals surface area contributed by atoms with Crippen LogP contribution >= 0.6 is 0 Å². The van der Waals surface area contributed by atoms with E-state index in [1.807, 2.05) is 13.0 Å². The molecule has 3 unspecified atom stereocenters. The molecule has 0 radical (unpaired) electrons. The summed E-state index contributed by atoms with van der Waals surface area (Å²) in [5, 5.41) is 3.10. The minimum absolute atomic E-state index is 0.0556. The van der Waals surface area contributed by atoms with E-state index in [0.29, 0.717) is 35.2 Å². The van der Waals surface area contributed by atoms with Crippen LogP contribution in [0.5, 0.6) is 11.5 Å². The van der Waals surface area contributed by atoms with E-state index in [9.17, 15) is 9.59 Å². The van der Waals surface area contributed by atoms with Gasteiger partial charge in [-0.1, -0.05) is 6.07 Å². The maximum atomic E-state index is 13.1. The number of piperidine rings is 1. The molecule has 4 rings (SSSR count). The number of hydrogen-bond donors (Lipinski definition) is 1. The van der Waals surface area contributed by atoms with Crippen LogP contribution in [-0.2, 0) is 0 Å². The molecule has 1 saturated carbocycles. The Hall–Kier alpha value is -3.03. The molecular formula is C20H23N3O5. The zero-order valence-corrected chi connectivity index (χ0v) is 16.1. The summed E-state index contributed by atoms with van der Waals surface area (Å²) in [6.45, 7) is 2.56. The minimum atomic E-state index is -0.260. The molecule has 148 valence electrons. The molecule has 1 aromatic heterocycles. The van der Waals surface area contributed by atoms with Crippen LogP contribution < -0.4 is 14.8 Å². The van der Waals surface area contributed by atoms with Gasteiger partial charge in [-0.15, -0.1) is 0 Å². The fourth-order valence-electron chi connectivity index (χ4n) is 4.44. The highest BCUT2D eigenvalue weighted by molar-refractivity contribution is 6.00. The molecule has 2 aliphatic rings. The van der Waals surface area contributed by atoms with Crippen LogP contribution in [0.15, 0.2) is 29.2 Å². The maximum absolute atomic E-state index is 13.1. The van der Waals surface area contributed by atoms with Gasteiger partial charge in [-0.3, -0.25) is 9.59 Å². The van der Waals surface area contributed by atoms with Gasteiger partial charge < -0.3 is 24.1 Å². The van der Waals surface area contributed by atoms with Gasteiger partial charge in [0.25, 0.3) is 11.8 Å². The van der Waals surface area contributed by atoms with E-state index in [0.717, 1.165) is 18.4 Å². The van der Waals surface area contributed by atoms with Crippen LogP contribution in [0.4, 0.5) is 0 Å². The Morgan fingerprint density at radius 1 is 1.25 bits per heavy atom. The average molecular weight is 385 g/mol. The Kier molecular flexibility index (Phi) is 4.70. The number of rotatable bonds is 5. The largest absolute Gasteiger partial charge is 0.496 e. The van der Waals surface area contributed by atoms with E-state index in [2.05, 4.69) is 10.3 Å². The molecule has 2 fully saturated rings. The number of oxazole rings is 1. The van der Waals surface area contributed by atoms with Crippen molar-refractivity contribution in [3.63, 3.8) is 0 Å². The predicted octanol–water partition coefficient (Wildman–Crippen LogP) is 2.03. The quantitative estimate of drug-likeness (QED) is 0.846. The van der Waals surface area contributed by atoms with Crippen LogP contribution in [0.25, 0.3) is 0 Å². The van der Waals surface area contributed by atoms with Crippen molar-refractivity contribution in [2.24, 2.45) is 5.92 Å². The van der Waals surface area contributed by atoms with E-state index in [-0.39, 0.29) is 23.9 Å². The summed E-state index contributed by atoms with van der Waals surface area (Å²) in [4.78, 5) is 31.5. The van der Waals surface area contributed by atoms with Gasteiger partial charge in [-0.25, -0.2) is 4.98 Å². The lowest BCUT2D eigenvalue weighted by Crippen LogP contribution is -2.52. The van der Waals surface area contributed by atoms with Crippen molar-refractivity contribution in [2.75, 3.05) is 20.8 Å². The number of methoxy groups -OCH3 is 2. The monoisotopic (exact) mass is 385 g/mol. The summed E-state index contributed by atoms with van der Waals surface area (Å²) in [6.07, 6.45) is 4.31. The third-order valence-electron chi connectivity index (χ3n) is 5.68. The fourth-order valence-corrected chi connectivity index (χ4v) is 4.44. The number of carbonyl (C=O) groups excluding carboxylic acids is 2. The first-order chi connectivity index (χ1) is 13.5. The summed E-state index contributed by atoms with van der Waals surface area (Å²) >= 11 is 0. The Morgan fingerprint density at radius 3 is 2.71 bits per heavy atom. The second kappa shape index (κ2) is 7.18. The SMILES string of the molecule is COc1ccc(C)c(OC)c1C(=O)NC1CC2CC1N(C(=O)c1cocn1)C2. The average Bonchev–Trinajstić information content (AvgIpc) is 3.44. The first-order valence-electron chi connectivity index (χ1n) is 9.25. The number of ether oxygens (including phenoxy) is 2. The zero-order chi connectivity index (χ0) is 19.8. The minimum Gasteiger partial charge on any atom is -0.496 e. The lowest BCUT2D eigenvalue weighted by molar-refractivity contribution is 0.0642. The Labute approximate surface area is 162 Å². The van der Waals surface area contributed by atoms with Crippen molar-refractivity contribution >= 4 is 11.8 Å². The molecule has 2 aromatic rings. The van der Waals surface area contributed by atoms with E-state index in [1.165, 1.54) is 26.9 Å². The van der Waals surface area contributed by atoms with Crippen molar-refractivity contribution in [2.45, 2.75) is 31.8 Å². The van der Waals surface area contributed by atoms with Crippen LogP contribution in [0.1, 0.15) is 39.3 Å². The summed E-state index contributed by atoms with van der Waals surface area (Å²) in [5.74, 6) is 0.899. The summed E-state index contributed by atoms with van der Waals surface area (Å²) in [7, 11) is 3.06. The highest BCUT2D eigenvalue weighted by Gasteiger charge is 2.48. The lowest BCUT2D eigenvalue weighted by Gasteiger charge is -2.33. The standard InChI is InChI=1S/C20H23N3O5/c1-11-4-5-16(26-2)17(18(11)27-3)19(24)22-13-6-12-7-15(13)23(8-12)20(25)14-9-28-10-21-14/h4-5,9-10,12-13,15H,6-8H2,1-3H3,(H,22,24). The number of benzene rings is 1. The van der Waals surface area contributed by atoms with Crippen molar-refractivity contribution in [1.29, 1.82) is 0 Å². The van der Waals surface area contributed by atoms with Crippen LogP contribution in [0, 0.1) is 12.8 Å². The van der Waals surface area contributed by atoms with Crippen molar-refractivity contribution < 1.29 is 23.5 Å².